The van der Waals surface area contributed by atoms with Crippen molar-refractivity contribution in [2.45, 2.75) is 56.8 Å². The van der Waals surface area contributed by atoms with E-state index >= 15 is 0 Å². The Morgan fingerprint density at radius 1 is 1.33 bits per heavy atom. The Hall–Kier alpha value is -2.29. The van der Waals surface area contributed by atoms with Gasteiger partial charge in [0.25, 0.3) is 10.1 Å². The molecule has 1 aromatic rings. The minimum Gasteiger partial charge on any atom is -0.444 e. The van der Waals surface area contributed by atoms with Gasteiger partial charge in [-0.25, -0.2) is 4.79 Å². The number of carbonyl (C=O) groups excluding carboxylic acids is 1. The van der Waals surface area contributed by atoms with E-state index in [-0.39, 0.29) is 24.4 Å². The van der Waals surface area contributed by atoms with Gasteiger partial charge in [0.05, 0.1) is 17.5 Å². The molecule has 27 heavy (non-hydrogen) atoms. The van der Waals surface area contributed by atoms with Crippen LogP contribution in [0.4, 0.5) is 4.79 Å². The molecule has 0 radical (unpaired) electrons. The third-order valence-electron chi connectivity index (χ3n) is 3.93. The molecule has 0 unspecified atom stereocenters. The van der Waals surface area contributed by atoms with Gasteiger partial charge in [0.2, 0.25) is 0 Å². The van der Waals surface area contributed by atoms with Crippen molar-refractivity contribution in [3.8, 4) is 0 Å². The molecule has 0 spiro atoms. The minimum atomic E-state index is -3.97. The number of amides is 1. The predicted molar refractivity (Wildman–Crippen MR) is 98.6 cm³/mol. The first-order valence-corrected chi connectivity index (χ1v) is 9.93. The number of carbonyl (C=O) groups is 1. The summed E-state index contributed by atoms with van der Waals surface area (Å²) in [7, 11) is -3.97. The topological polar surface area (TPSA) is 122 Å². The van der Waals surface area contributed by atoms with Gasteiger partial charge in [-0.3, -0.25) is 4.18 Å². The molecular weight excluding hydrogens is 372 g/mol. The molecular formula is C17H24N4O5S. The van der Waals surface area contributed by atoms with Gasteiger partial charge >= 0.3 is 6.09 Å². The van der Waals surface area contributed by atoms with Crippen molar-refractivity contribution in [3.63, 3.8) is 0 Å². The molecule has 1 amide bonds. The number of benzene rings is 1. The summed E-state index contributed by atoms with van der Waals surface area (Å²) in [5, 5.41) is 3.51. The minimum absolute atomic E-state index is 0.0141. The van der Waals surface area contributed by atoms with Crippen molar-refractivity contribution >= 4 is 16.2 Å². The highest BCUT2D eigenvalue weighted by Gasteiger charge is 2.39. The fraction of sp³-hybridized carbons (Fsp3) is 0.588. The smallest absolute Gasteiger partial charge is 0.410 e. The maximum atomic E-state index is 12.5. The highest BCUT2D eigenvalue weighted by molar-refractivity contribution is 7.86. The average molecular weight is 396 g/mol. The summed E-state index contributed by atoms with van der Waals surface area (Å²) in [4.78, 5) is 16.5. The zero-order valence-electron chi connectivity index (χ0n) is 15.8. The quantitative estimate of drug-likeness (QED) is 0.327. The van der Waals surface area contributed by atoms with E-state index in [2.05, 4.69) is 10.0 Å². The van der Waals surface area contributed by atoms with Gasteiger partial charge in [-0.1, -0.05) is 22.8 Å². The Labute approximate surface area is 159 Å². The van der Waals surface area contributed by atoms with E-state index in [9.17, 15) is 13.2 Å². The fourth-order valence-corrected chi connectivity index (χ4v) is 3.81. The lowest BCUT2D eigenvalue weighted by atomic mass is 10.2. The predicted octanol–water partition coefficient (Wildman–Crippen LogP) is 3.39. The van der Waals surface area contributed by atoms with Gasteiger partial charge in [0.1, 0.15) is 5.60 Å². The van der Waals surface area contributed by atoms with Crippen LogP contribution in [0.2, 0.25) is 0 Å². The van der Waals surface area contributed by atoms with E-state index < -0.39 is 34.0 Å². The number of aryl methyl sites for hydroxylation is 1. The van der Waals surface area contributed by atoms with Gasteiger partial charge in [0, 0.05) is 17.5 Å². The van der Waals surface area contributed by atoms with Crippen LogP contribution in [0, 0.1) is 6.92 Å². The molecule has 0 saturated carbocycles. The molecule has 1 heterocycles. The Kier molecular flexibility index (Phi) is 6.35. The number of nitrogens with zero attached hydrogens (tertiary/aromatic N) is 4. The van der Waals surface area contributed by atoms with Crippen LogP contribution in [0.3, 0.4) is 0 Å². The molecule has 1 fully saturated rings. The highest BCUT2D eigenvalue weighted by Crippen LogP contribution is 2.26. The first-order chi connectivity index (χ1) is 12.5. The lowest BCUT2D eigenvalue weighted by molar-refractivity contribution is 0.0218. The molecule has 1 aliphatic rings. The van der Waals surface area contributed by atoms with E-state index in [4.69, 9.17) is 14.5 Å². The third kappa shape index (κ3) is 5.85. The first-order valence-electron chi connectivity index (χ1n) is 8.52. The number of rotatable bonds is 5. The maximum Gasteiger partial charge on any atom is 0.410 e. The van der Waals surface area contributed by atoms with Gasteiger partial charge < -0.3 is 9.64 Å². The van der Waals surface area contributed by atoms with E-state index in [1.807, 2.05) is 6.92 Å². The van der Waals surface area contributed by atoms with Crippen LogP contribution in [0.1, 0.15) is 32.8 Å². The zero-order valence-corrected chi connectivity index (χ0v) is 16.6. The molecule has 10 heteroatoms. The second kappa shape index (κ2) is 8.16. The Morgan fingerprint density at radius 3 is 2.52 bits per heavy atom. The Balaban J connectivity index is 2.15. The molecule has 9 nitrogen and oxygen atoms in total. The van der Waals surface area contributed by atoms with Crippen LogP contribution in [-0.4, -0.2) is 50.2 Å². The van der Waals surface area contributed by atoms with Crippen LogP contribution in [0.15, 0.2) is 34.3 Å². The lowest BCUT2D eigenvalue weighted by Crippen LogP contribution is -2.41. The molecule has 0 aromatic heterocycles. The number of hydrogen-bond acceptors (Lipinski definition) is 6. The number of hydrogen-bond donors (Lipinski definition) is 0. The highest BCUT2D eigenvalue weighted by atomic mass is 32.2. The SMILES string of the molecule is Cc1ccc(S(=O)(=O)O[C@@H]2C[C@H](CN=[N+]=[N-])N(C(=O)OC(C)(C)C)C2)cc1. The van der Waals surface area contributed by atoms with Gasteiger partial charge in [-0.2, -0.15) is 8.42 Å². The summed E-state index contributed by atoms with van der Waals surface area (Å²) in [5.74, 6) is 0. The molecule has 1 aromatic carbocycles. The average Bonchev–Trinajstić information content (AvgIpc) is 2.94. The Morgan fingerprint density at radius 2 is 1.96 bits per heavy atom. The third-order valence-corrected chi connectivity index (χ3v) is 5.31. The van der Waals surface area contributed by atoms with Gasteiger partial charge in [-0.15, -0.1) is 0 Å². The van der Waals surface area contributed by atoms with E-state index in [1.165, 1.54) is 17.0 Å². The van der Waals surface area contributed by atoms with Gasteiger partial charge in [-0.05, 0) is 51.8 Å². The molecule has 1 saturated heterocycles. The standard InChI is InChI=1S/C17H24N4O5S/c1-12-5-7-15(8-6-12)27(23,24)26-14-9-13(10-19-20-18)21(11-14)16(22)25-17(2,3)4/h5-8,13-14H,9-11H2,1-4H3/t13-,14-/m1/s1. The van der Waals surface area contributed by atoms with Crippen LogP contribution in [-0.2, 0) is 19.0 Å². The number of likely N-dealkylation sites (tertiary alicyclic amines) is 1. The van der Waals surface area contributed by atoms with Crippen LogP contribution >= 0.6 is 0 Å². The summed E-state index contributed by atoms with van der Waals surface area (Å²) < 4.78 is 35.7. The van der Waals surface area contributed by atoms with E-state index in [1.54, 1.807) is 32.9 Å². The second-order valence-electron chi connectivity index (χ2n) is 7.42. The molecule has 0 aliphatic carbocycles. The summed E-state index contributed by atoms with van der Waals surface area (Å²) in [5.41, 5.74) is 8.79. The summed E-state index contributed by atoms with van der Waals surface area (Å²) in [6.45, 7) is 7.11. The van der Waals surface area contributed by atoms with Crippen molar-refractivity contribution in [1.82, 2.24) is 4.90 Å². The number of azide groups is 1. The van der Waals surface area contributed by atoms with Crippen molar-refractivity contribution in [3.05, 3.63) is 40.3 Å². The van der Waals surface area contributed by atoms with Crippen molar-refractivity contribution in [2.24, 2.45) is 5.11 Å². The molecule has 148 valence electrons. The van der Waals surface area contributed by atoms with Crippen molar-refractivity contribution in [1.29, 1.82) is 0 Å². The largest absolute Gasteiger partial charge is 0.444 e. The van der Waals surface area contributed by atoms with Crippen LogP contribution in [0.5, 0.6) is 0 Å². The Bertz CT molecular complexity index is 826. The monoisotopic (exact) mass is 396 g/mol. The first kappa shape index (κ1) is 21.0. The normalized spacial score (nSPS) is 20.2. The summed E-state index contributed by atoms with van der Waals surface area (Å²) in [6.07, 6.45) is -1.12. The zero-order chi connectivity index (χ0) is 20.2. The van der Waals surface area contributed by atoms with Crippen molar-refractivity contribution in [2.75, 3.05) is 13.1 Å². The van der Waals surface area contributed by atoms with Crippen LogP contribution < -0.4 is 0 Å². The molecule has 0 N–H and O–H groups in total. The number of ether oxygens (including phenoxy) is 1. The fourth-order valence-electron chi connectivity index (χ4n) is 2.73. The van der Waals surface area contributed by atoms with Crippen LogP contribution in [0.25, 0.3) is 10.4 Å². The van der Waals surface area contributed by atoms with Gasteiger partial charge in [0.15, 0.2) is 0 Å². The molecule has 1 aliphatic heterocycles. The molecule has 2 rings (SSSR count). The van der Waals surface area contributed by atoms with Crippen molar-refractivity contribution < 1.29 is 22.1 Å². The maximum absolute atomic E-state index is 12.5. The summed E-state index contributed by atoms with van der Waals surface area (Å²) >= 11 is 0. The molecule has 0 bridgehead atoms. The second-order valence-corrected chi connectivity index (χ2v) is 8.99. The van der Waals surface area contributed by atoms with E-state index in [0.717, 1.165) is 5.56 Å². The summed E-state index contributed by atoms with van der Waals surface area (Å²) in [6, 6.07) is 5.82. The molecule has 2 atom stereocenters. The lowest BCUT2D eigenvalue weighted by Gasteiger charge is -2.27. The van der Waals surface area contributed by atoms with E-state index in [0.29, 0.717) is 0 Å².